The molecule has 3 aromatic carbocycles. The van der Waals surface area contributed by atoms with Crippen LogP contribution in [0, 0.1) is 0 Å². The van der Waals surface area contributed by atoms with Crippen LogP contribution in [0.5, 0.6) is 5.75 Å². The van der Waals surface area contributed by atoms with E-state index in [0.29, 0.717) is 21.7 Å². The maximum Gasteiger partial charge on any atom is 0.416 e. The Balaban J connectivity index is 1.75. The van der Waals surface area contributed by atoms with Gasteiger partial charge in [-0.25, -0.2) is 8.42 Å². The van der Waals surface area contributed by atoms with Gasteiger partial charge in [0.1, 0.15) is 18.3 Å². The fraction of sp³-hybridized carbons (Fsp3) is 0.375. The third-order valence-electron chi connectivity index (χ3n) is 7.76. The second-order valence-corrected chi connectivity index (χ2v) is 13.2. The second kappa shape index (κ2) is 14.6. The molecule has 45 heavy (non-hydrogen) atoms. The summed E-state index contributed by atoms with van der Waals surface area (Å²) in [4.78, 5) is 28.5. The van der Waals surface area contributed by atoms with Crippen molar-refractivity contribution in [2.75, 3.05) is 18.0 Å². The summed E-state index contributed by atoms with van der Waals surface area (Å²) in [6, 6.07) is 15.0. The minimum absolute atomic E-state index is 0.0543. The fourth-order valence-electron chi connectivity index (χ4n) is 5.23. The number of carbonyl (C=O) groups excluding carboxylic acids is 2. The lowest BCUT2D eigenvalue weighted by Gasteiger charge is -2.33. The van der Waals surface area contributed by atoms with E-state index < -0.39 is 51.9 Å². The number of nitrogens with zero attached hydrogens (tertiary/aromatic N) is 2. The van der Waals surface area contributed by atoms with E-state index in [2.05, 4.69) is 5.32 Å². The lowest BCUT2D eigenvalue weighted by atomic mass is 9.95. The van der Waals surface area contributed by atoms with Crippen molar-refractivity contribution in [2.24, 2.45) is 0 Å². The average Bonchev–Trinajstić information content (AvgIpc) is 3.02. The number of methoxy groups -OCH3 is 1. The van der Waals surface area contributed by atoms with Gasteiger partial charge in [-0.2, -0.15) is 13.2 Å². The number of carbonyl (C=O) groups is 2. The van der Waals surface area contributed by atoms with E-state index >= 15 is 0 Å². The fourth-order valence-corrected chi connectivity index (χ4v) is 6.95. The number of amides is 2. The van der Waals surface area contributed by atoms with Crippen LogP contribution in [0.2, 0.25) is 5.02 Å². The molecule has 1 N–H and O–H groups in total. The highest BCUT2D eigenvalue weighted by Crippen LogP contribution is 2.37. The van der Waals surface area contributed by atoms with Crippen LogP contribution < -0.4 is 14.4 Å². The summed E-state index contributed by atoms with van der Waals surface area (Å²) in [6.07, 6.45) is -0.188. The van der Waals surface area contributed by atoms with Gasteiger partial charge in [0.15, 0.2) is 0 Å². The Hall–Kier alpha value is -3.77. The molecule has 3 aromatic rings. The summed E-state index contributed by atoms with van der Waals surface area (Å²) in [7, 11) is -3.13. The number of hydrogen-bond donors (Lipinski definition) is 1. The third-order valence-corrected chi connectivity index (χ3v) is 9.85. The summed E-state index contributed by atoms with van der Waals surface area (Å²) in [5.41, 5.74) is -1.07. The Bertz CT molecular complexity index is 1600. The van der Waals surface area contributed by atoms with Crippen molar-refractivity contribution in [1.29, 1.82) is 0 Å². The predicted octanol–water partition coefficient (Wildman–Crippen LogP) is 6.43. The Kier molecular flexibility index (Phi) is 11.0. The number of alkyl halides is 3. The number of anilines is 1. The normalized spacial score (nSPS) is 14.8. The van der Waals surface area contributed by atoms with Crippen LogP contribution in [0.4, 0.5) is 18.9 Å². The summed E-state index contributed by atoms with van der Waals surface area (Å²) >= 11 is 6.31. The maximum absolute atomic E-state index is 14.1. The van der Waals surface area contributed by atoms with Gasteiger partial charge in [-0.1, -0.05) is 61.2 Å². The third kappa shape index (κ3) is 8.49. The molecule has 1 saturated carbocycles. The molecule has 0 heterocycles. The molecule has 0 radical (unpaired) electrons. The van der Waals surface area contributed by atoms with E-state index in [1.807, 2.05) is 0 Å². The molecule has 1 aliphatic rings. The van der Waals surface area contributed by atoms with Crippen molar-refractivity contribution in [1.82, 2.24) is 10.2 Å². The van der Waals surface area contributed by atoms with Crippen LogP contribution in [0.1, 0.15) is 50.2 Å². The van der Waals surface area contributed by atoms with Gasteiger partial charge in [-0.05, 0) is 67.8 Å². The van der Waals surface area contributed by atoms with E-state index in [1.54, 1.807) is 30.3 Å². The highest BCUT2D eigenvalue weighted by molar-refractivity contribution is 7.92. The standard InChI is InChI=1S/C32H35ClF3N3O5S/c1-22(31(41)37-25-11-5-3-6-12-25)38(20-23-10-9-13-26(18-23)44-2)30(40)21-39(45(42,43)27-14-7-4-8-15-27)29-19-24(32(34,35)36)16-17-28(29)33/h4,7-10,13-19,22,25H,3,5-6,11-12,20-21H2,1-2H3,(H,37,41)/t22-/m0/s1. The van der Waals surface area contributed by atoms with Gasteiger partial charge >= 0.3 is 6.18 Å². The first-order valence-corrected chi connectivity index (χ1v) is 16.3. The predicted molar refractivity (Wildman–Crippen MR) is 165 cm³/mol. The Labute approximate surface area is 266 Å². The van der Waals surface area contributed by atoms with Crippen LogP contribution in [0.25, 0.3) is 0 Å². The van der Waals surface area contributed by atoms with Gasteiger partial charge in [0, 0.05) is 12.6 Å². The number of rotatable bonds is 11. The maximum atomic E-state index is 14.1. The molecule has 0 aromatic heterocycles. The molecule has 8 nitrogen and oxygen atoms in total. The SMILES string of the molecule is COc1cccc(CN(C(=O)CN(c2cc(C(F)(F)F)ccc2Cl)S(=O)(=O)c2ccccc2)[C@@H](C)C(=O)NC2CCCCC2)c1. The van der Waals surface area contributed by atoms with Crippen LogP contribution >= 0.6 is 11.6 Å². The molecule has 0 spiro atoms. The minimum Gasteiger partial charge on any atom is -0.497 e. The highest BCUT2D eigenvalue weighted by Gasteiger charge is 2.36. The van der Waals surface area contributed by atoms with E-state index in [0.717, 1.165) is 44.2 Å². The van der Waals surface area contributed by atoms with Crippen LogP contribution in [0.15, 0.2) is 77.7 Å². The number of ether oxygens (including phenoxy) is 1. The zero-order valence-corrected chi connectivity index (χ0v) is 26.5. The first-order chi connectivity index (χ1) is 21.3. The molecule has 0 unspecified atom stereocenters. The molecule has 13 heteroatoms. The topological polar surface area (TPSA) is 96.0 Å². The zero-order valence-electron chi connectivity index (χ0n) is 24.9. The van der Waals surface area contributed by atoms with Crippen molar-refractivity contribution in [3.63, 3.8) is 0 Å². The Morgan fingerprint density at radius 2 is 1.69 bits per heavy atom. The van der Waals surface area contributed by atoms with Crippen molar-refractivity contribution in [2.45, 2.75) is 68.7 Å². The van der Waals surface area contributed by atoms with Crippen LogP contribution in [-0.2, 0) is 32.3 Å². The first-order valence-electron chi connectivity index (χ1n) is 14.5. The number of halogens is 4. The molecule has 1 fully saturated rings. The van der Waals surface area contributed by atoms with Crippen molar-refractivity contribution >= 4 is 39.1 Å². The molecule has 242 valence electrons. The van der Waals surface area contributed by atoms with Gasteiger partial charge in [0.2, 0.25) is 11.8 Å². The van der Waals surface area contributed by atoms with Crippen LogP contribution in [-0.4, -0.2) is 50.9 Å². The summed E-state index contributed by atoms with van der Waals surface area (Å²) in [5.74, 6) is -0.743. The van der Waals surface area contributed by atoms with Gasteiger partial charge in [0.25, 0.3) is 10.0 Å². The van der Waals surface area contributed by atoms with E-state index in [1.165, 1.54) is 43.2 Å². The highest BCUT2D eigenvalue weighted by atomic mass is 35.5. The van der Waals surface area contributed by atoms with Gasteiger partial charge in [-0.15, -0.1) is 0 Å². The lowest BCUT2D eigenvalue weighted by molar-refractivity contribution is -0.139. The summed E-state index contributed by atoms with van der Waals surface area (Å²) < 4.78 is 74.9. The van der Waals surface area contributed by atoms with Crippen molar-refractivity contribution in [3.8, 4) is 5.75 Å². The van der Waals surface area contributed by atoms with E-state index in [4.69, 9.17) is 16.3 Å². The van der Waals surface area contributed by atoms with Gasteiger partial charge in [0.05, 0.1) is 28.3 Å². The number of hydrogen-bond acceptors (Lipinski definition) is 5. The lowest BCUT2D eigenvalue weighted by Crippen LogP contribution is -2.53. The molecule has 4 rings (SSSR count). The summed E-state index contributed by atoms with van der Waals surface area (Å²) in [5, 5.41) is 2.69. The average molecular weight is 666 g/mol. The van der Waals surface area contributed by atoms with E-state index in [-0.39, 0.29) is 22.5 Å². The number of nitrogens with one attached hydrogen (secondary N) is 1. The van der Waals surface area contributed by atoms with Crippen molar-refractivity contribution in [3.05, 3.63) is 88.9 Å². The van der Waals surface area contributed by atoms with Gasteiger partial charge in [-0.3, -0.25) is 13.9 Å². The zero-order chi connectivity index (χ0) is 32.8. The molecule has 0 bridgehead atoms. The molecule has 1 aliphatic carbocycles. The Morgan fingerprint density at radius 3 is 2.33 bits per heavy atom. The molecule has 1 atom stereocenters. The molecular weight excluding hydrogens is 631 g/mol. The smallest absolute Gasteiger partial charge is 0.416 e. The number of benzene rings is 3. The number of sulfonamides is 1. The molecular formula is C32H35ClF3N3O5S. The van der Waals surface area contributed by atoms with Crippen molar-refractivity contribution < 1.29 is 35.9 Å². The monoisotopic (exact) mass is 665 g/mol. The molecule has 2 amide bonds. The quantitative estimate of drug-likeness (QED) is 0.255. The van der Waals surface area contributed by atoms with Crippen LogP contribution in [0.3, 0.4) is 0 Å². The van der Waals surface area contributed by atoms with E-state index in [9.17, 15) is 31.2 Å². The minimum atomic E-state index is -4.81. The Morgan fingerprint density at radius 1 is 1.00 bits per heavy atom. The summed E-state index contributed by atoms with van der Waals surface area (Å²) in [6.45, 7) is 0.498. The second-order valence-electron chi connectivity index (χ2n) is 10.9. The molecule has 0 aliphatic heterocycles. The van der Waals surface area contributed by atoms with Gasteiger partial charge < -0.3 is 15.0 Å². The molecule has 0 saturated heterocycles. The largest absolute Gasteiger partial charge is 0.497 e. The first kappa shape index (κ1) is 34.1.